The fraction of sp³-hybridized carbons (Fsp3) is 0.615. The molecule has 0 radical (unpaired) electrons. The average molecular weight is 318 g/mol. The molecule has 0 bridgehead atoms. The Labute approximate surface area is 125 Å². The number of carbonyl (C=O) groups is 1. The van der Waals surface area contributed by atoms with Gasteiger partial charge in [-0.3, -0.25) is 4.79 Å². The number of hydrogen-bond donors (Lipinski definition) is 1. The van der Waals surface area contributed by atoms with Gasteiger partial charge in [-0.25, -0.2) is 12.7 Å². The van der Waals surface area contributed by atoms with Crippen molar-refractivity contribution in [3.63, 3.8) is 0 Å². The summed E-state index contributed by atoms with van der Waals surface area (Å²) in [6.07, 6.45) is 0.609. The fourth-order valence-corrected chi connectivity index (χ4v) is 3.30. The van der Waals surface area contributed by atoms with Gasteiger partial charge in [-0.15, -0.1) is 0 Å². The zero-order chi connectivity index (χ0) is 15.2. The molecule has 7 heteroatoms. The van der Waals surface area contributed by atoms with E-state index in [9.17, 15) is 13.2 Å². The molecule has 1 N–H and O–H groups in total. The van der Waals surface area contributed by atoms with E-state index in [1.54, 1.807) is 25.3 Å². The third-order valence-electron chi connectivity index (χ3n) is 3.23. The van der Waals surface area contributed by atoms with E-state index in [1.165, 1.54) is 4.31 Å². The van der Waals surface area contributed by atoms with Crippen molar-refractivity contribution in [2.24, 2.45) is 0 Å². The molecule has 1 unspecified atom stereocenters. The molecule has 1 amide bonds. The summed E-state index contributed by atoms with van der Waals surface area (Å²) in [5, 5.41) is 6.75. The van der Waals surface area contributed by atoms with Crippen LogP contribution >= 0.6 is 11.3 Å². The van der Waals surface area contributed by atoms with Gasteiger partial charge in [0.2, 0.25) is 15.9 Å². The van der Waals surface area contributed by atoms with E-state index < -0.39 is 10.0 Å². The van der Waals surface area contributed by atoms with Crippen LogP contribution in [-0.4, -0.2) is 44.5 Å². The largest absolute Gasteiger partial charge is 0.356 e. The van der Waals surface area contributed by atoms with Crippen LogP contribution < -0.4 is 5.32 Å². The quantitative estimate of drug-likeness (QED) is 0.741. The minimum atomic E-state index is -3.13. The number of nitrogens with zero attached hydrogens (tertiary/aromatic N) is 1. The van der Waals surface area contributed by atoms with Crippen molar-refractivity contribution in [2.45, 2.75) is 26.2 Å². The molecule has 1 aromatic rings. The normalized spacial score (nSPS) is 13.4. The summed E-state index contributed by atoms with van der Waals surface area (Å²) in [5.41, 5.74) is 1.01. The molecule has 1 atom stereocenters. The lowest BCUT2D eigenvalue weighted by molar-refractivity contribution is -0.122. The number of hydrogen-bond acceptors (Lipinski definition) is 4. The molecule has 1 aromatic heterocycles. The second kappa shape index (κ2) is 7.75. The van der Waals surface area contributed by atoms with E-state index >= 15 is 0 Å². The van der Waals surface area contributed by atoms with Gasteiger partial charge in [-0.1, -0.05) is 0 Å². The van der Waals surface area contributed by atoms with Crippen molar-refractivity contribution in [1.29, 1.82) is 0 Å². The lowest BCUT2D eigenvalue weighted by Gasteiger charge is -2.16. The van der Waals surface area contributed by atoms with Gasteiger partial charge < -0.3 is 5.32 Å². The van der Waals surface area contributed by atoms with Gasteiger partial charge in [-0.2, -0.15) is 11.3 Å². The molecule has 0 aliphatic rings. The summed E-state index contributed by atoms with van der Waals surface area (Å²) in [6.45, 7) is 4.39. The Morgan fingerprint density at radius 3 is 2.75 bits per heavy atom. The molecule has 5 nitrogen and oxygen atoms in total. The molecule has 0 saturated carbocycles. The Hall–Kier alpha value is -0.920. The second-order valence-electron chi connectivity index (χ2n) is 4.65. The van der Waals surface area contributed by atoms with Crippen LogP contribution in [0.15, 0.2) is 16.8 Å². The SMILES string of the molecule is CCS(=O)(=O)N(C)CCCNC(=O)C(C)c1ccsc1. The summed E-state index contributed by atoms with van der Waals surface area (Å²) in [5.74, 6) is -0.0897. The third kappa shape index (κ3) is 4.88. The van der Waals surface area contributed by atoms with E-state index in [-0.39, 0.29) is 17.6 Å². The van der Waals surface area contributed by atoms with Crippen LogP contribution in [0.3, 0.4) is 0 Å². The molecular formula is C13H22N2O3S2. The molecule has 0 spiro atoms. The summed E-state index contributed by atoms with van der Waals surface area (Å²) in [7, 11) is -1.56. The predicted octanol–water partition coefficient (Wildman–Crippen LogP) is 1.64. The van der Waals surface area contributed by atoms with Crippen molar-refractivity contribution < 1.29 is 13.2 Å². The van der Waals surface area contributed by atoms with Gasteiger partial charge in [0, 0.05) is 20.1 Å². The first kappa shape index (κ1) is 17.1. The van der Waals surface area contributed by atoms with Crippen LogP contribution in [-0.2, 0) is 14.8 Å². The number of nitrogens with one attached hydrogen (secondary N) is 1. The number of sulfonamides is 1. The van der Waals surface area contributed by atoms with Crippen molar-refractivity contribution in [3.8, 4) is 0 Å². The lowest BCUT2D eigenvalue weighted by Crippen LogP contribution is -2.33. The number of amides is 1. The zero-order valence-corrected chi connectivity index (χ0v) is 13.8. The third-order valence-corrected chi connectivity index (χ3v) is 5.79. The molecule has 114 valence electrons. The summed E-state index contributed by atoms with van der Waals surface area (Å²) < 4.78 is 24.4. The van der Waals surface area contributed by atoms with Crippen LogP contribution in [0.2, 0.25) is 0 Å². The van der Waals surface area contributed by atoms with E-state index in [2.05, 4.69) is 5.32 Å². The maximum Gasteiger partial charge on any atom is 0.227 e. The van der Waals surface area contributed by atoms with Gasteiger partial charge in [0.25, 0.3) is 0 Å². The van der Waals surface area contributed by atoms with Crippen LogP contribution in [0, 0.1) is 0 Å². The monoisotopic (exact) mass is 318 g/mol. The maximum absolute atomic E-state index is 11.9. The van der Waals surface area contributed by atoms with E-state index in [4.69, 9.17) is 0 Å². The first-order valence-corrected chi connectivity index (χ1v) is 9.17. The van der Waals surface area contributed by atoms with Gasteiger partial charge in [-0.05, 0) is 42.7 Å². The second-order valence-corrected chi connectivity index (χ2v) is 7.79. The highest BCUT2D eigenvalue weighted by atomic mass is 32.2. The minimum absolute atomic E-state index is 0.0237. The van der Waals surface area contributed by atoms with Gasteiger partial charge in [0.1, 0.15) is 0 Å². The van der Waals surface area contributed by atoms with Crippen molar-refractivity contribution in [1.82, 2.24) is 9.62 Å². The lowest BCUT2D eigenvalue weighted by atomic mass is 10.0. The van der Waals surface area contributed by atoms with Gasteiger partial charge >= 0.3 is 0 Å². The highest BCUT2D eigenvalue weighted by Crippen LogP contribution is 2.17. The molecule has 20 heavy (non-hydrogen) atoms. The standard InChI is InChI=1S/C13H22N2O3S2/c1-4-20(17,18)15(3)8-5-7-14-13(16)11(2)12-6-9-19-10-12/h6,9-11H,4-5,7-8H2,1-3H3,(H,14,16). The molecule has 0 aliphatic carbocycles. The highest BCUT2D eigenvalue weighted by molar-refractivity contribution is 7.89. The minimum Gasteiger partial charge on any atom is -0.356 e. The Morgan fingerprint density at radius 2 is 2.20 bits per heavy atom. The molecule has 0 saturated heterocycles. The van der Waals surface area contributed by atoms with Crippen LogP contribution in [0.5, 0.6) is 0 Å². The summed E-state index contributed by atoms with van der Waals surface area (Å²) in [4.78, 5) is 11.9. The van der Waals surface area contributed by atoms with Gasteiger partial charge in [0.05, 0.1) is 11.7 Å². The number of rotatable bonds is 8. The Bertz CT molecular complexity index is 512. The Balaban J connectivity index is 2.29. The van der Waals surface area contributed by atoms with Crippen molar-refractivity contribution in [3.05, 3.63) is 22.4 Å². The maximum atomic E-state index is 11.9. The fourth-order valence-electron chi connectivity index (χ4n) is 1.70. The first-order chi connectivity index (χ1) is 9.38. The molecule has 1 rings (SSSR count). The number of thiophene rings is 1. The zero-order valence-electron chi connectivity index (χ0n) is 12.1. The van der Waals surface area contributed by atoms with Gasteiger partial charge in [0.15, 0.2) is 0 Å². The molecule has 1 heterocycles. The molecular weight excluding hydrogens is 296 g/mol. The average Bonchev–Trinajstić information content (AvgIpc) is 2.96. The van der Waals surface area contributed by atoms with Crippen LogP contribution in [0.4, 0.5) is 0 Å². The summed E-state index contributed by atoms with van der Waals surface area (Å²) >= 11 is 1.57. The molecule has 0 aliphatic heterocycles. The van der Waals surface area contributed by atoms with E-state index in [1.807, 2.05) is 23.8 Å². The smallest absolute Gasteiger partial charge is 0.227 e. The summed E-state index contributed by atoms with van der Waals surface area (Å²) in [6, 6.07) is 1.94. The van der Waals surface area contributed by atoms with E-state index in [0.29, 0.717) is 19.5 Å². The predicted molar refractivity (Wildman–Crippen MR) is 82.5 cm³/mol. The van der Waals surface area contributed by atoms with E-state index in [0.717, 1.165) is 5.56 Å². The van der Waals surface area contributed by atoms with Crippen molar-refractivity contribution >= 4 is 27.3 Å². The Kier molecular flexibility index (Phi) is 6.64. The molecule has 0 aromatic carbocycles. The van der Waals surface area contributed by atoms with Crippen LogP contribution in [0.25, 0.3) is 0 Å². The van der Waals surface area contributed by atoms with Crippen LogP contribution in [0.1, 0.15) is 31.7 Å². The topological polar surface area (TPSA) is 66.5 Å². The first-order valence-electron chi connectivity index (χ1n) is 6.62. The Morgan fingerprint density at radius 1 is 1.50 bits per heavy atom. The van der Waals surface area contributed by atoms with Crippen molar-refractivity contribution in [2.75, 3.05) is 25.9 Å². The molecule has 0 fully saturated rings. The highest BCUT2D eigenvalue weighted by Gasteiger charge is 2.16. The number of carbonyl (C=O) groups excluding carboxylic acids is 1.